The molecule has 1 fully saturated rings. The Morgan fingerprint density at radius 3 is 3.05 bits per heavy atom. The molecule has 1 aliphatic rings. The highest BCUT2D eigenvalue weighted by Crippen LogP contribution is 2.10. The molecule has 2 aromatic rings. The lowest BCUT2D eigenvalue weighted by Crippen LogP contribution is -2.46. The molecule has 1 aliphatic heterocycles. The van der Waals surface area contributed by atoms with Gasteiger partial charge in [0, 0.05) is 30.7 Å². The number of carbonyl (C=O) groups is 1. The number of carbonyl (C=O) groups excluding carboxylic acids is 1. The number of nitrogens with one attached hydrogen (secondary N) is 2. The van der Waals surface area contributed by atoms with Crippen LogP contribution in [-0.2, 0) is 0 Å². The zero-order valence-electron chi connectivity index (χ0n) is 12.0. The van der Waals surface area contributed by atoms with Crippen molar-refractivity contribution in [3.05, 3.63) is 42.6 Å². The van der Waals surface area contributed by atoms with Gasteiger partial charge >= 0.3 is 0 Å². The molecule has 1 amide bonds. The summed E-state index contributed by atoms with van der Waals surface area (Å²) in [6.07, 6.45) is 8.73. The number of rotatable bonds is 3. The Kier molecular flexibility index (Phi) is 3.96. The van der Waals surface area contributed by atoms with E-state index in [1.54, 1.807) is 29.4 Å². The molecule has 110 valence electrons. The molecule has 1 saturated heterocycles. The first-order chi connectivity index (χ1) is 10.2. The van der Waals surface area contributed by atoms with Gasteiger partial charge in [-0.25, -0.2) is 9.97 Å². The molecule has 0 aliphatic carbocycles. The number of pyridine rings is 1. The fourth-order valence-electron chi connectivity index (χ4n) is 2.60. The third-order valence-corrected chi connectivity index (χ3v) is 3.74. The first-order valence-corrected chi connectivity index (χ1v) is 7.21. The van der Waals surface area contributed by atoms with Gasteiger partial charge in [0.05, 0.1) is 5.56 Å². The fraction of sp³-hybridized carbons (Fsp3) is 0.400. The molecular weight excluding hydrogens is 266 g/mol. The van der Waals surface area contributed by atoms with Gasteiger partial charge in [0.15, 0.2) is 0 Å². The third kappa shape index (κ3) is 3.28. The molecule has 3 heterocycles. The fourth-order valence-corrected chi connectivity index (χ4v) is 2.60. The van der Waals surface area contributed by atoms with Crippen molar-refractivity contribution >= 4 is 5.91 Å². The van der Waals surface area contributed by atoms with E-state index in [9.17, 15) is 4.79 Å². The van der Waals surface area contributed by atoms with Crippen molar-refractivity contribution in [1.82, 2.24) is 25.2 Å². The molecule has 6 nitrogen and oxygen atoms in total. The van der Waals surface area contributed by atoms with Crippen LogP contribution in [0.5, 0.6) is 0 Å². The lowest BCUT2D eigenvalue weighted by atomic mass is 10.0. The van der Waals surface area contributed by atoms with Gasteiger partial charge < -0.3 is 10.6 Å². The topological polar surface area (TPSA) is 71.8 Å². The molecule has 3 rings (SSSR count). The summed E-state index contributed by atoms with van der Waals surface area (Å²) in [6.45, 7) is 3.09. The Hall–Kier alpha value is -2.21. The molecule has 0 saturated carbocycles. The van der Waals surface area contributed by atoms with Gasteiger partial charge in [0.2, 0.25) is 0 Å². The van der Waals surface area contributed by atoms with Crippen LogP contribution in [0.3, 0.4) is 0 Å². The molecule has 0 radical (unpaired) electrons. The van der Waals surface area contributed by atoms with Gasteiger partial charge in [-0.05, 0) is 38.4 Å². The Morgan fingerprint density at radius 1 is 1.48 bits per heavy atom. The van der Waals surface area contributed by atoms with Gasteiger partial charge in [-0.15, -0.1) is 0 Å². The SMILES string of the molecule is CC1CC(NC(=O)c2ccc(-n3ccnc3)nc2)CCN1. The zero-order valence-corrected chi connectivity index (χ0v) is 12.0. The summed E-state index contributed by atoms with van der Waals surface area (Å²) < 4.78 is 1.80. The quantitative estimate of drug-likeness (QED) is 0.887. The summed E-state index contributed by atoms with van der Waals surface area (Å²) in [5, 5.41) is 6.46. The van der Waals surface area contributed by atoms with Crippen molar-refractivity contribution in [2.45, 2.75) is 31.8 Å². The van der Waals surface area contributed by atoms with E-state index in [0.29, 0.717) is 11.6 Å². The maximum Gasteiger partial charge on any atom is 0.253 e. The molecule has 6 heteroatoms. The van der Waals surface area contributed by atoms with Crippen molar-refractivity contribution in [3.8, 4) is 5.82 Å². The number of imidazole rings is 1. The zero-order chi connectivity index (χ0) is 14.7. The normalized spacial score (nSPS) is 22.0. The number of nitrogens with zero attached hydrogens (tertiary/aromatic N) is 3. The molecule has 0 bridgehead atoms. The minimum Gasteiger partial charge on any atom is -0.349 e. The second-order valence-electron chi connectivity index (χ2n) is 5.42. The average molecular weight is 285 g/mol. The summed E-state index contributed by atoms with van der Waals surface area (Å²) in [5.74, 6) is 0.693. The number of aromatic nitrogens is 3. The largest absolute Gasteiger partial charge is 0.349 e. The van der Waals surface area contributed by atoms with Crippen LogP contribution in [0, 0.1) is 0 Å². The van der Waals surface area contributed by atoms with E-state index in [1.165, 1.54) is 0 Å². The van der Waals surface area contributed by atoms with Gasteiger partial charge in [0.1, 0.15) is 12.1 Å². The molecule has 0 aromatic carbocycles. The van der Waals surface area contributed by atoms with E-state index in [2.05, 4.69) is 27.5 Å². The van der Waals surface area contributed by atoms with E-state index >= 15 is 0 Å². The van der Waals surface area contributed by atoms with Crippen molar-refractivity contribution in [2.75, 3.05) is 6.54 Å². The minimum atomic E-state index is -0.0567. The molecule has 2 unspecified atom stereocenters. The number of amides is 1. The molecule has 0 spiro atoms. The monoisotopic (exact) mass is 285 g/mol. The van der Waals surface area contributed by atoms with Crippen molar-refractivity contribution < 1.29 is 4.79 Å². The lowest BCUT2D eigenvalue weighted by molar-refractivity contribution is 0.0925. The Morgan fingerprint density at radius 2 is 2.38 bits per heavy atom. The number of piperidine rings is 1. The first kappa shape index (κ1) is 13.8. The van der Waals surface area contributed by atoms with Crippen LogP contribution >= 0.6 is 0 Å². The summed E-state index contributed by atoms with van der Waals surface area (Å²) in [7, 11) is 0. The highest BCUT2D eigenvalue weighted by molar-refractivity contribution is 5.94. The lowest BCUT2D eigenvalue weighted by Gasteiger charge is -2.28. The van der Waals surface area contributed by atoms with E-state index in [1.807, 2.05) is 12.3 Å². The highest BCUT2D eigenvalue weighted by Gasteiger charge is 2.20. The Labute approximate surface area is 123 Å². The van der Waals surface area contributed by atoms with E-state index in [-0.39, 0.29) is 11.9 Å². The van der Waals surface area contributed by atoms with E-state index < -0.39 is 0 Å². The third-order valence-electron chi connectivity index (χ3n) is 3.74. The van der Waals surface area contributed by atoms with Crippen LogP contribution in [0.4, 0.5) is 0 Å². The first-order valence-electron chi connectivity index (χ1n) is 7.21. The highest BCUT2D eigenvalue weighted by atomic mass is 16.1. The predicted molar refractivity (Wildman–Crippen MR) is 79.3 cm³/mol. The Bertz CT molecular complexity index is 593. The molecule has 2 aromatic heterocycles. The Balaban J connectivity index is 1.65. The maximum absolute atomic E-state index is 12.2. The van der Waals surface area contributed by atoms with Crippen LogP contribution in [0.1, 0.15) is 30.1 Å². The predicted octanol–water partition coefficient (Wildman–Crippen LogP) is 1.14. The van der Waals surface area contributed by atoms with Crippen LogP contribution in [-0.4, -0.2) is 39.1 Å². The van der Waals surface area contributed by atoms with Gasteiger partial charge in [-0.3, -0.25) is 9.36 Å². The number of hydrogen-bond donors (Lipinski definition) is 2. The van der Waals surface area contributed by atoms with Crippen LogP contribution in [0.2, 0.25) is 0 Å². The number of hydrogen-bond acceptors (Lipinski definition) is 4. The van der Waals surface area contributed by atoms with E-state index in [4.69, 9.17) is 0 Å². The standard InChI is InChI=1S/C15H19N5O/c1-11-8-13(4-5-17-11)19-15(21)12-2-3-14(18-9-12)20-7-6-16-10-20/h2-3,6-7,9-11,13,17H,4-5,8H2,1H3,(H,19,21). The molecule has 2 N–H and O–H groups in total. The smallest absolute Gasteiger partial charge is 0.253 e. The summed E-state index contributed by atoms with van der Waals surface area (Å²) in [6, 6.07) is 4.30. The van der Waals surface area contributed by atoms with Gasteiger partial charge in [-0.2, -0.15) is 0 Å². The van der Waals surface area contributed by atoms with Gasteiger partial charge in [-0.1, -0.05) is 0 Å². The average Bonchev–Trinajstić information content (AvgIpc) is 3.01. The second kappa shape index (κ2) is 6.05. The minimum absolute atomic E-state index is 0.0567. The summed E-state index contributed by atoms with van der Waals surface area (Å²) in [4.78, 5) is 20.5. The van der Waals surface area contributed by atoms with Crippen molar-refractivity contribution in [3.63, 3.8) is 0 Å². The van der Waals surface area contributed by atoms with Crippen LogP contribution < -0.4 is 10.6 Å². The van der Waals surface area contributed by atoms with Crippen molar-refractivity contribution in [1.29, 1.82) is 0 Å². The molecule has 21 heavy (non-hydrogen) atoms. The second-order valence-corrected chi connectivity index (χ2v) is 5.42. The van der Waals surface area contributed by atoms with Gasteiger partial charge in [0.25, 0.3) is 5.91 Å². The van der Waals surface area contributed by atoms with Crippen LogP contribution in [0.25, 0.3) is 5.82 Å². The maximum atomic E-state index is 12.2. The summed E-state index contributed by atoms with van der Waals surface area (Å²) >= 11 is 0. The summed E-state index contributed by atoms with van der Waals surface area (Å²) in [5.41, 5.74) is 0.588. The molecule has 2 atom stereocenters. The van der Waals surface area contributed by atoms with E-state index in [0.717, 1.165) is 25.2 Å². The van der Waals surface area contributed by atoms with Crippen LogP contribution in [0.15, 0.2) is 37.1 Å². The van der Waals surface area contributed by atoms with Crippen molar-refractivity contribution in [2.24, 2.45) is 0 Å². The molecular formula is C15H19N5O.